The zero-order chi connectivity index (χ0) is 15.3. The fourth-order valence-electron chi connectivity index (χ4n) is 2.12. The van der Waals surface area contributed by atoms with Crippen molar-refractivity contribution in [1.82, 2.24) is 10.2 Å². The number of carbonyl (C=O) groups is 3. The van der Waals surface area contributed by atoms with E-state index in [1.165, 1.54) is 0 Å². The SMILES string of the molecule is CC(CC(=O)O)CC(=O)NC(=O)N1CC(C)OCC1C. The average molecular weight is 286 g/mol. The third-order valence-electron chi connectivity index (χ3n) is 3.17. The Labute approximate surface area is 118 Å². The van der Waals surface area contributed by atoms with E-state index in [1.807, 2.05) is 13.8 Å². The molecular weight excluding hydrogens is 264 g/mol. The predicted molar refractivity (Wildman–Crippen MR) is 71.2 cm³/mol. The highest BCUT2D eigenvalue weighted by molar-refractivity contribution is 5.94. The van der Waals surface area contributed by atoms with E-state index in [1.54, 1.807) is 11.8 Å². The van der Waals surface area contributed by atoms with E-state index in [2.05, 4.69) is 5.32 Å². The zero-order valence-corrected chi connectivity index (χ0v) is 12.1. The summed E-state index contributed by atoms with van der Waals surface area (Å²) in [7, 11) is 0. The average Bonchev–Trinajstić information content (AvgIpc) is 2.30. The Morgan fingerprint density at radius 1 is 1.35 bits per heavy atom. The van der Waals surface area contributed by atoms with Crippen LogP contribution in [0.25, 0.3) is 0 Å². The minimum atomic E-state index is -0.952. The number of aliphatic carboxylic acids is 1. The van der Waals surface area contributed by atoms with Crippen LogP contribution in [-0.4, -0.2) is 53.2 Å². The van der Waals surface area contributed by atoms with Gasteiger partial charge in [-0.05, 0) is 19.8 Å². The molecule has 0 spiro atoms. The lowest BCUT2D eigenvalue weighted by Gasteiger charge is -2.36. The number of hydrogen-bond acceptors (Lipinski definition) is 4. The van der Waals surface area contributed by atoms with E-state index in [9.17, 15) is 14.4 Å². The zero-order valence-electron chi connectivity index (χ0n) is 12.1. The molecule has 0 aromatic carbocycles. The molecule has 0 aliphatic carbocycles. The van der Waals surface area contributed by atoms with E-state index in [4.69, 9.17) is 9.84 Å². The molecule has 3 atom stereocenters. The van der Waals surface area contributed by atoms with Crippen molar-refractivity contribution in [3.63, 3.8) is 0 Å². The number of morpholine rings is 1. The fourth-order valence-corrected chi connectivity index (χ4v) is 2.12. The Balaban J connectivity index is 2.44. The van der Waals surface area contributed by atoms with Crippen LogP contribution >= 0.6 is 0 Å². The van der Waals surface area contributed by atoms with Gasteiger partial charge in [0.2, 0.25) is 5.91 Å². The lowest BCUT2D eigenvalue weighted by Crippen LogP contribution is -2.54. The molecule has 1 fully saturated rings. The minimum Gasteiger partial charge on any atom is -0.481 e. The number of hydrogen-bond donors (Lipinski definition) is 2. The summed E-state index contributed by atoms with van der Waals surface area (Å²) in [5.41, 5.74) is 0. The second kappa shape index (κ2) is 7.23. The fraction of sp³-hybridized carbons (Fsp3) is 0.769. The molecule has 1 rings (SSSR count). The minimum absolute atomic E-state index is 0.0202. The molecule has 1 aliphatic rings. The van der Waals surface area contributed by atoms with Crippen molar-refractivity contribution >= 4 is 17.9 Å². The maximum atomic E-state index is 12.0. The first-order chi connectivity index (χ1) is 9.29. The Kier molecular flexibility index (Phi) is 5.94. The van der Waals surface area contributed by atoms with Gasteiger partial charge in [-0.15, -0.1) is 0 Å². The highest BCUT2D eigenvalue weighted by Gasteiger charge is 2.28. The predicted octanol–water partition coefficient (Wildman–Crippen LogP) is 0.833. The molecule has 2 N–H and O–H groups in total. The number of rotatable bonds is 4. The number of imide groups is 1. The van der Waals surface area contributed by atoms with E-state index in [-0.39, 0.29) is 30.9 Å². The molecule has 114 valence electrons. The van der Waals surface area contributed by atoms with Gasteiger partial charge in [0, 0.05) is 19.4 Å². The van der Waals surface area contributed by atoms with Crippen LogP contribution in [-0.2, 0) is 14.3 Å². The quantitative estimate of drug-likeness (QED) is 0.798. The largest absolute Gasteiger partial charge is 0.481 e. The second-order valence-electron chi connectivity index (χ2n) is 5.41. The van der Waals surface area contributed by atoms with Crippen LogP contribution < -0.4 is 5.32 Å². The van der Waals surface area contributed by atoms with Crippen LogP contribution in [0.1, 0.15) is 33.6 Å². The number of carbonyl (C=O) groups excluding carboxylic acids is 2. The Morgan fingerprint density at radius 3 is 2.60 bits per heavy atom. The first-order valence-corrected chi connectivity index (χ1v) is 6.73. The van der Waals surface area contributed by atoms with E-state index in [0.717, 1.165) is 0 Å². The third-order valence-corrected chi connectivity index (χ3v) is 3.17. The van der Waals surface area contributed by atoms with E-state index in [0.29, 0.717) is 13.2 Å². The lowest BCUT2D eigenvalue weighted by molar-refractivity contribution is -0.138. The van der Waals surface area contributed by atoms with Crippen molar-refractivity contribution in [3.05, 3.63) is 0 Å². The van der Waals surface area contributed by atoms with Crippen LogP contribution in [0.15, 0.2) is 0 Å². The monoisotopic (exact) mass is 286 g/mol. The van der Waals surface area contributed by atoms with Gasteiger partial charge in [-0.2, -0.15) is 0 Å². The van der Waals surface area contributed by atoms with Gasteiger partial charge in [0.15, 0.2) is 0 Å². The number of ether oxygens (including phenoxy) is 1. The van der Waals surface area contributed by atoms with Gasteiger partial charge in [0.1, 0.15) is 0 Å². The number of carboxylic acids is 1. The Morgan fingerprint density at radius 2 is 2.00 bits per heavy atom. The summed E-state index contributed by atoms with van der Waals surface area (Å²) in [6.45, 7) is 6.26. The summed E-state index contributed by atoms with van der Waals surface area (Å²) >= 11 is 0. The second-order valence-corrected chi connectivity index (χ2v) is 5.41. The molecule has 7 heteroatoms. The number of nitrogens with zero attached hydrogens (tertiary/aromatic N) is 1. The highest BCUT2D eigenvalue weighted by Crippen LogP contribution is 2.12. The molecule has 0 aromatic heterocycles. The van der Waals surface area contributed by atoms with Gasteiger partial charge in [-0.1, -0.05) is 6.92 Å². The van der Waals surface area contributed by atoms with Gasteiger partial charge in [0.25, 0.3) is 0 Å². The van der Waals surface area contributed by atoms with Crippen molar-refractivity contribution in [1.29, 1.82) is 0 Å². The summed E-state index contributed by atoms with van der Waals surface area (Å²) in [5.74, 6) is -1.70. The molecular formula is C13H22N2O5. The van der Waals surface area contributed by atoms with Gasteiger partial charge in [0.05, 0.1) is 18.8 Å². The summed E-state index contributed by atoms with van der Waals surface area (Å²) in [5, 5.41) is 10.9. The molecule has 1 heterocycles. The summed E-state index contributed by atoms with van der Waals surface area (Å²) in [4.78, 5) is 35.8. The standard InChI is InChI=1S/C13H22N2O5/c1-8(5-12(17)18)4-11(16)14-13(19)15-6-10(3)20-7-9(15)2/h8-10H,4-7H2,1-3H3,(H,17,18)(H,14,16,19). The van der Waals surface area contributed by atoms with Crippen molar-refractivity contribution < 1.29 is 24.2 Å². The lowest BCUT2D eigenvalue weighted by atomic mass is 10.0. The maximum Gasteiger partial charge on any atom is 0.324 e. The number of urea groups is 1. The van der Waals surface area contributed by atoms with Crippen molar-refractivity contribution in [2.24, 2.45) is 5.92 Å². The van der Waals surface area contributed by atoms with Crippen molar-refractivity contribution in [2.45, 2.75) is 45.8 Å². The van der Waals surface area contributed by atoms with Crippen LogP contribution in [0, 0.1) is 5.92 Å². The number of carboxylic acid groups (broad SMARTS) is 1. The van der Waals surface area contributed by atoms with Crippen molar-refractivity contribution in [3.8, 4) is 0 Å². The molecule has 20 heavy (non-hydrogen) atoms. The van der Waals surface area contributed by atoms with Gasteiger partial charge in [-0.3, -0.25) is 14.9 Å². The molecule has 3 amide bonds. The van der Waals surface area contributed by atoms with Gasteiger partial charge >= 0.3 is 12.0 Å². The number of amides is 3. The third kappa shape index (κ3) is 5.16. The molecule has 0 saturated carbocycles. The molecule has 7 nitrogen and oxygen atoms in total. The molecule has 3 unspecified atom stereocenters. The molecule has 0 radical (unpaired) electrons. The summed E-state index contributed by atoms with van der Waals surface area (Å²) < 4.78 is 5.41. The van der Waals surface area contributed by atoms with Crippen LogP contribution in [0.2, 0.25) is 0 Å². The topological polar surface area (TPSA) is 95.9 Å². The Bertz CT molecular complexity index is 385. The molecule has 0 aromatic rings. The van der Waals surface area contributed by atoms with E-state index < -0.39 is 17.9 Å². The van der Waals surface area contributed by atoms with Crippen LogP contribution in [0.3, 0.4) is 0 Å². The van der Waals surface area contributed by atoms with Crippen LogP contribution in [0.5, 0.6) is 0 Å². The van der Waals surface area contributed by atoms with E-state index >= 15 is 0 Å². The normalized spacial score (nSPS) is 24.1. The van der Waals surface area contributed by atoms with Crippen molar-refractivity contribution in [2.75, 3.05) is 13.2 Å². The summed E-state index contributed by atoms with van der Waals surface area (Å²) in [6.07, 6.45) is -0.128. The molecule has 0 bridgehead atoms. The van der Waals surface area contributed by atoms with Gasteiger partial charge < -0.3 is 14.7 Å². The highest BCUT2D eigenvalue weighted by atomic mass is 16.5. The Hall–Kier alpha value is -1.63. The smallest absolute Gasteiger partial charge is 0.324 e. The maximum absolute atomic E-state index is 12.0. The van der Waals surface area contributed by atoms with Crippen LogP contribution in [0.4, 0.5) is 4.79 Å². The number of nitrogens with one attached hydrogen (secondary N) is 1. The molecule has 1 saturated heterocycles. The first-order valence-electron chi connectivity index (χ1n) is 6.73. The van der Waals surface area contributed by atoms with Gasteiger partial charge in [-0.25, -0.2) is 4.79 Å². The first kappa shape index (κ1) is 16.4. The molecule has 1 aliphatic heterocycles. The summed E-state index contributed by atoms with van der Waals surface area (Å²) in [6, 6.07) is -0.532.